The second-order valence-electron chi connectivity index (χ2n) is 5.86. The largest absolute Gasteiger partial charge is 0.453 e. The molecule has 3 aromatic rings. The Morgan fingerprint density at radius 2 is 1.72 bits per heavy atom. The molecule has 0 radical (unpaired) electrons. The van der Waals surface area contributed by atoms with Crippen molar-refractivity contribution < 1.29 is 14.1 Å². The van der Waals surface area contributed by atoms with Gasteiger partial charge in [0.15, 0.2) is 5.75 Å². The SMILES string of the molecule is Cc1ccc(NSc2cc(Cl)c(Oc3ccc([N+](=O)[O-])cc3Cl)c(Cl)c2)cc1F. The number of nitrogens with one attached hydrogen (secondary N) is 1. The van der Waals surface area contributed by atoms with Crippen molar-refractivity contribution in [2.24, 2.45) is 0 Å². The van der Waals surface area contributed by atoms with Gasteiger partial charge in [-0.25, -0.2) is 4.39 Å². The fourth-order valence-corrected chi connectivity index (χ4v) is 3.89. The Kier molecular flexibility index (Phi) is 6.74. The summed E-state index contributed by atoms with van der Waals surface area (Å²) in [5.41, 5.74) is 0.978. The van der Waals surface area contributed by atoms with Crippen molar-refractivity contribution in [2.45, 2.75) is 11.8 Å². The summed E-state index contributed by atoms with van der Waals surface area (Å²) in [6.45, 7) is 1.68. The van der Waals surface area contributed by atoms with Crippen LogP contribution in [0.3, 0.4) is 0 Å². The van der Waals surface area contributed by atoms with Gasteiger partial charge in [0.2, 0.25) is 0 Å². The number of non-ortho nitro benzene ring substituents is 1. The molecule has 3 rings (SSSR count). The number of halogens is 4. The zero-order chi connectivity index (χ0) is 21.1. The highest BCUT2D eigenvalue weighted by atomic mass is 35.5. The maximum atomic E-state index is 13.6. The predicted octanol–water partition coefficient (Wildman–Crippen LogP) is 7.91. The van der Waals surface area contributed by atoms with Crippen LogP contribution in [0.25, 0.3) is 0 Å². The van der Waals surface area contributed by atoms with Crippen molar-refractivity contribution in [1.82, 2.24) is 0 Å². The lowest BCUT2D eigenvalue weighted by atomic mass is 10.2. The zero-order valence-electron chi connectivity index (χ0n) is 14.7. The zero-order valence-corrected chi connectivity index (χ0v) is 17.8. The third-order valence-electron chi connectivity index (χ3n) is 3.77. The monoisotopic (exact) mass is 472 g/mol. The minimum absolute atomic E-state index is 0.0489. The number of anilines is 1. The predicted molar refractivity (Wildman–Crippen MR) is 115 cm³/mol. The normalized spacial score (nSPS) is 10.7. The minimum atomic E-state index is -0.561. The first-order valence-corrected chi connectivity index (χ1v) is 9.99. The fourth-order valence-electron chi connectivity index (χ4n) is 2.26. The van der Waals surface area contributed by atoms with Gasteiger partial charge in [-0.05, 0) is 54.8 Å². The number of nitro groups is 1. The Balaban J connectivity index is 1.77. The first kappa shape index (κ1) is 21.5. The van der Waals surface area contributed by atoms with Crippen molar-refractivity contribution in [2.75, 3.05) is 4.72 Å². The number of hydrogen-bond donors (Lipinski definition) is 1. The molecule has 0 atom stereocenters. The van der Waals surface area contributed by atoms with E-state index in [1.54, 1.807) is 31.2 Å². The van der Waals surface area contributed by atoms with Crippen molar-refractivity contribution >= 4 is 58.1 Å². The van der Waals surface area contributed by atoms with E-state index in [0.29, 0.717) is 16.1 Å². The standard InChI is InChI=1S/C19H12Cl3FN2O3S/c1-10-2-3-11(6-17(10)23)24-29-13-8-15(21)19(16(22)9-13)28-18-5-4-12(25(26)27)7-14(18)20/h2-9,24H,1H3. The van der Waals surface area contributed by atoms with Gasteiger partial charge in [0, 0.05) is 22.7 Å². The lowest BCUT2D eigenvalue weighted by molar-refractivity contribution is -0.384. The molecule has 0 aliphatic rings. The number of rotatable bonds is 6. The maximum absolute atomic E-state index is 13.6. The van der Waals surface area contributed by atoms with Crippen LogP contribution in [0.5, 0.6) is 11.5 Å². The Bertz CT molecular complexity index is 1080. The molecular formula is C19H12Cl3FN2O3S. The van der Waals surface area contributed by atoms with Gasteiger partial charge in [0.1, 0.15) is 11.6 Å². The fraction of sp³-hybridized carbons (Fsp3) is 0.0526. The van der Waals surface area contributed by atoms with Crippen LogP contribution in [0, 0.1) is 22.9 Å². The molecule has 1 N–H and O–H groups in total. The van der Waals surface area contributed by atoms with Gasteiger partial charge >= 0.3 is 0 Å². The van der Waals surface area contributed by atoms with Crippen LogP contribution in [0.2, 0.25) is 15.1 Å². The average Bonchev–Trinajstić information content (AvgIpc) is 2.66. The molecule has 5 nitrogen and oxygen atoms in total. The van der Waals surface area contributed by atoms with Gasteiger partial charge in [0.25, 0.3) is 5.69 Å². The highest BCUT2D eigenvalue weighted by Crippen LogP contribution is 2.42. The van der Waals surface area contributed by atoms with Crippen LogP contribution >= 0.6 is 46.8 Å². The highest BCUT2D eigenvalue weighted by molar-refractivity contribution is 8.00. The Hall–Kier alpha value is -2.19. The molecule has 0 saturated heterocycles. The van der Waals surface area contributed by atoms with E-state index in [4.69, 9.17) is 39.5 Å². The van der Waals surface area contributed by atoms with E-state index in [-0.39, 0.29) is 38.1 Å². The molecule has 0 heterocycles. The van der Waals surface area contributed by atoms with Crippen LogP contribution in [0.15, 0.2) is 53.4 Å². The van der Waals surface area contributed by atoms with E-state index in [9.17, 15) is 14.5 Å². The molecule has 3 aromatic carbocycles. The second-order valence-corrected chi connectivity index (χ2v) is 7.96. The summed E-state index contributed by atoms with van der Waals surface area (Å²) in [6.07, 6.45) is 0. The number of ether oxygens (including phenoxy) is 1. The highest BCUT2D eigenvalue weighted by Gasteiger charge is 2.16. The van der Waals surface area contributed by atoms with Gasteiger partial charge in [-0.1, -0.05) is 40.9 Å². The third-order valence-corrected chi connectivity index (χ3v) is 5.43. The maximum Gasteiger partial charge on any atom is 0.271 e. The number of hydrogen-bond acceptors (Lipinski definition) is 5. The lowest BCUT2D eigenvalue weighted by Crippen LogP contribution is -1.93. The summed E-state index contributed by atoms with van der Waals surface area (Å²) in [5, 5.41) is 11.3. The summed E-state index contributed by atoms with van der Waals surface area (Å²) in [4.78, 5) is 10.9. The Morgan fingerprint density at radius 1 is 1.03 bits per heavy atom. The summed E-state index contributed by atoms with van der Waals surface area (Å²) in [5.74, 6) is 0.0277. The van der Waals surface area contributed by atoms with E-state index >= 15 is 0 Å². The summed E-state index contributed by atoms with van der Waals surface area (Å²) in [6, 6.07) is 11.8. The van der Waals surface area contributed by atoms with Crippen molar-refractivity contribution in [3.63, 3.8) is 0 Å². The summed E-state index contributed by atoms with van der Waals surface area (Å²) in [7, 11) is 0. The van der Waals surface area contributed by atoms with Crippen molar-refractivity contribution in [3.05, 3.63) is 85.1 Å². The molecule has 29 heavy (non-hydrogen) atoms. The third kappa shape index (κ3) is 5.25. The second kappa shape index (κ2) is 9.09. The Morgan fingerprint density at radius 3 is 2.31 bits per heavy atom. The summed E-state index contributed by atoms with van der Waals surface area (Å²) >= 11 is 19.8. The first-order valence-electron chi connectivity index (χ1n) is 8.04. The molecule has 0 saturated carbocycles. The quantitative estimate of drug-likeness (QED) is 0.224. The van der Waals surface area contributed by atoms with Crippen molar-refractivity contribution in [3.8, 4) is 11.5 Å². The van der Waals surface area contributed by atoms with E-state index in [1.807, 2.05) is 0 Å². The number of aryl methyl sites for hydroxylation is 1. The van der Waals surface area contributed by atoms with E-state index < -0.39 is 4.92 Å². The van der Waals surface area contributed by atoms with Gasteiger partial charge in [0.05, 0.1) is 20.0 Å². The molecule has 0 bridgehead atoms. The van der Waals surface area contributed by atoms with Gasteiger partial charge in [-0.15, -0.1) is 0 Å². The molecule has 0 aliphatic heterocycles. The molecule has 0 amide bonds. The van der Waals surface area contributed by atoms with Crippen LogP contribution in [0.1, 0.15) is 5.56 Å². The van der Waals surface area contributed by atoms with Gasteiger partial charge < -0.3 is 9.46 Å². The summed E-state index contributed by atoms with van der Waals surface area (Å²) < 4.78 is 22.3. The topological polar surface area (TPSA) is 64.4 Å². The molecule has 0 aliphatic carbocycles. The minimum Gasteiger partial charge on any atom is -0.453 e. The van der Waals surface area contributed by atoms with E-state index in [1.165, 1.54) is 36.2 Å². The number of nitrogens with zero attached hydrogens (tertiary/aromatic N) is 1. The Labute approximate surface area is 185 Å². The molecule has 10 heteroatoms. The molecule has 150 valence electrons. The van der Waals surface area contributed by atoms with Crippen LogP contribution < -0.4 is 9.46 Å². The number of benzene rings is 3. The van der Waals surface area contributed by atoms with Crippen LogP contribution in [0.4, 0.5) is 15.8 Å². The van der Waals surface area contributed by atoms with Crippen LogP contribution in [-0.2, 0) is 0 Å². The van der Waals surface area contributed by atoms with E-state index in [0.717, 1.165) is 0 Å². The smallest absolute Gasteiger partial charge is 0.271 e. The van der Waals surface area contributed by atoms with Gasteiger partial charge in [-0.3, -0.25) is 10.1 Å². The lowest BCUT2D eigenvalue weighted by Gasteiger charge is -2.13. The molecule has 0 unspecified atom stereocenters. The first-order chi connectivity index (χ1) is 13.7. The van der Waals surface area contributed by atoms with Crippen LogP contribution in [-0.4, -0.2) is 4.92 Å². The molecule has 0 aromatic heterocycles. The average molecular weight is 474 g/mol. The molecule has 0 fully saturated rings. The van der Waals surface area contributed by atoms with Gasteiger partial charge in [-0.2, -0.15) is 0 Å². The number of nitro benzene ring substituents is 1. The molecular weight excluding hydrogens is 462 g/mol. The van der Waals surface area contributed by atoms with E-state index in [2.05, 4.69) is 4.72 Å². The van der Waals surface area contributed by atoms with Crippen molar-refractivity contribution in [1.29, 1.82) is 0 Å². The molecule has 0 spiro atoms.